The fourth-order valence-corrected chi connectivity index (χ4v) is 1.46. The monoisotopic (exact) mass is 236 g/mol. The highest BCUT2D eigenvalue weighted by atomic mass is 16.3. The Morgan fingerprint density at radius 2 is 2.12 bits per heavy atom. The molecule has 1 amide bonds. The molecule has 0 aliphatic rings. The predicted octanol–water partition coefficient (Wildman–Crippen LogP) is 1.32. The van der Waals surface area contributed by atoms with Crippen LogP contribution in [-0.4, -0.2) is 23.7 Å². The average molecular weight is 236 g/mol. The minimum Gasteiger partial charge on any atom is -0.398 e. The van der Waals surface area contributed by atoms with Crippen LogP contribution in [0.2, 0.25) is 0 Å². The fraction of sp³-hybridized carbons (Fsp3) is 0.462. The number of aliphatic hydroxyl groups is 1. The molecule has 1 aromatic carbocycles. The molecule has 0 bridgehead atoms. The summed E-state index contributed by atoms with van der Waals surface area (Å²) in [6.07, 6.45) is 0. The van der Waals surface area contributed by atoms with Crippen molar-refractivity contribution in [2.24, 2.45) is 5.92 Å². The minimum atomic E-state index is -0.231. The van der Waals surface area contributed by atoms with Gasteiger partial charge in [0.05, 0.1) is 12.6 Å². The second-order valence-electron chi connectivity index (χ2n) is 4.58. The molecule has 0 spiro atoms. The number of carbonyl (C=O) groups is 1. The van der Waals surface area contributed by atoms with Gasteiger partial charge in [-0.15, -0.1) is 0 Å². The number of amides is 1. The van der Waals surface area contributed by atoms with Crippen LogP contribution in [-0.2, 0) is 0 Å². The molecule has 4 heteroatoms. The minimum absolute atomic E-state index is 0.0647. The van der Waals surface area contributed by atoms with Crippen molar-refractivity contribution in [1.82, 2.24) is 5.32 Å². The fourth-order valence-electron chi connectivity index (χ4n) is 1.46. The molecule has 1 aromatic rings. The van der Waals surface area contributed by atoms with Crippen molar-refractivity contribution in [2.45, 2.75) is 26.8 Å². The van der Waals surface area contributed by atoms with Crippen molar-refractivity contribution in [3.63, 3.8) is 0 Å². The van der Waals surface area contributed by atoms with Crippen molar-refractivity contribution in [2.75, 3.05) is 12.3 Å². The van der Waals surface area contributed by atoms with Gasteiger partial charge in [-0.3, -0.25) is 4.79 Å². The molecular weight excluding hydrogens is 216 g/mol. The van der Waals surface area contributed by atoms with Crippen LogP contribution in [0.3, 0.4) is 0 Å². The van der Waals surface area contributed by atoms with Crippen LogP contribution in [0.4, 0.5) is 5.69 Å². The van der Waals surface area contributed by atoms with Crippen LogP contribution in [0.15, 0.2) is 18.2 Å². The highest BCUT2D eigenvalue weighted by Crippen LogP contribution is 2.13. The molecule has 0 aliphatic carbocycles. The molecule has 0 aromatic heterocycles. The first-order valence-electron chi connectivity index (χ1n) is 5.73. The van der Waals surface area contributed by atoms with Gasteiger partial charge in [0, 0.05) is 11.3 Å². The number of aliphatic hydroxyl groups excluding tert-OH is 1. The maximum Gasteiger partial charge on any atom is 0.251 e. The number of anilines is 1. The average Bonchev–Trinajstić information content (AvgIpc) is 2.28. The van der Waals surface area contributed by atoms with E-state index >= 15 is 0 Å². The number of hydrogen-bond acceptors (Lipinski definition) is 3. The molecule has 0 saturated carbocycles. The molecule has 1 rings (SSSR count). The van der Waals surface area contributed by atoms with Crippen LogP contribution in [0.25, 0.3) is 0 Å². The summed E-state index contributed by atoms with van der Waals surface area (Å²) in [5, 5.41) is 11.9. The second kappa shape index (κ2) is 5.68. The van der Waals surface area contributed by atoms with Crippen LogP contribution >= 0.6 is 0 Å². The summed E-state index contributed by atoms with van der Waals surface area (Å²) in [6.45, 7) is 5.72. The molecule has 0 aliphatic heterocycles. The standard InChI is InChI=1S/C13H20N2O2/c1-8(2)12(7-16)15-13(17)10-5-4-9(3)11(14)6-10/h4-6,8,12,16H,7,14H2,1-3H3,(H,15,17). The third-order valence-electron chi connectivity index (χ3n) is 2.86. The Labute approximate surface area is 102 Å². The van der Waals surface area contributed by atoms with Crippen molar-refractivity contribution in [3.05, 3.63) is 29.3 Å². The zero-order valence-electron chi connectivity index (χ0n) is 10.5. The van der Waals surface area contributed by atoms with Crippen molar-refractivity contribution < 1.29 is 9.90 Å². The van der Waals surface area contributed by atoms with E-state index in [1.807, 2.05) is 26.8 Å². The number of aryl methyl sites for hydroxylation is 1. The number of carbonyl (C=O) groups excluding carboxylic acids is 1. The normalized spacial score (nSPS) is 12.5. The number of benzene rings is 1. The van der Waals surface area contributed by atoms with E-state index in [1.54, 1.807) is 12.1 Å². The molecule has 4 N–H and O–H groups in total. The molecule has 17 heavy (non-hydrogen) atoms. The lowest BCUT2D eigenvalue weighted by Gasteiger charge is -2.20. The highest BCUT2D eigenvalue weighted by Gasteiger charge is 2.16. The Morgan fingerprint density at radius 1 is 1.47 bits per heavy atom. The Kier molecular flexibility index (Phi) is 4.52. The van der Waals surface area contributed by atoms with Crippen molar-refractivity contribution in [1.29, 1.82) is 0 Å². The summed E-state index contributed by atoms with van der Waals surface area (Å²) in [7, 11) is 0. The first-order valence-corrected chi connectivity index (χ1v) is 5.73. The van der Waals surface area contributed by atoms with E-state index in [0.717, 1.165) is 5.56 Å². The van der Waals surface area contributed by atoms with E-state index in [-0.39, 0.29) is 24.5 Å². The molecule has 0 heterocycles. The Balaban J connectivity index is 2.79. The Morgan fingerprint density at radius 3 is 2.59 bits per heavy atom. The van der Waals surface area contributed by atoms with Gasteiger partial charge in [-0.25, -0.2) is 0 Å². The van der Waals surface area contributed by atoms with Gasteiger partial charge >= 0.3 is 0 Å². The van der Waals surface area contributed by atoms with Crippen molar-refractivity contribution >= 4 is 11.6 Å². The van der Waals surface area contributed by atoms with Gasteiger partial charge in [0.15, 0.2) is 0 Å². The molecule has 1 atom stereocenters. The van der Waals surface area contributed by atoms with Crippen LogP contribution in [0.1, 0.15) is 29.8 Å². The molecule has 4 nitrogen and oxygen atoms in total. The second-order valence-corrected chi connectivity index (χ2v) is 4.58. The summed E-state index contributed by atoms with van der Waals surface area (Å²) < 4.78 is 0. The highest BCUT2D eigenvalue weighted by molar-refractivity contribution is 5.95. The molecular formula is C13H20N2O2. The topological polar surface area (TPSA) is 75.3 Å². The third-order valence-corrected chi connectivity index (χ3v) is 2.86. The van der Waals surface area contributed by atoms with Crippen molar-refractivity contribution in [3.8, 4) is 0 Å². The van der Waals surface area contributed by atoms with E-state index in [9.17, 15) is 4.79 Å². The van der Waals surface area contributed by atoms with Crippen LogP contribution in [0.5, 0.6) is 0 Å². The SMILES string of the molecule is Cc1ccc(C(=O)NC(CO)C(C)C)cc1N. The van der Waals surface area contributed by atoms with E-state index in [1.165, 1.54) is 0 Å². The van der Waals surface area contributed by atoms with E-state index in [2.05, 4.69) is 5.32 Å². The number of nitrogen functional groups attached to an aromatic ring is 1. The van der Waals surface area contributed by atoms with Gasteiger partial charge in [-0.1, -0.05) is 19.9 Å². The number of hydrogen-bond donors (Lipinski definition) is 3. The van der Waals surface area contributed by atoms with Gasteiger partial charge in [0.2, 0.25) is 0 Å². The maximum absolute atomic E-state index is 11.9. The molecule has 0 saturated heterocycles. The molecule has 0 fully saturated rings. The molecule has 0 radical (unpaired) electrons. The zero-order valence-corrected chi connectivity index (χ0v) is 10.5. The van der Waals surface area contributed by atoms with Crippen LogP contribution in [0, 0.1) is 12.8 Å². The summed E-state index contributed by atoms with van der Waals surface area (Å²) in [5.41, 5.74) is 7.82. The van der Waals surface area contributed by atoms with Gasteiger partial charge in [0.1, 0.15) is 0 Å². The quantitative estimate of drug-likeness (QED) is 0.690. The van der Waals surface area contributed by atoms with E-state index < -0.39 is 0 Å². The Hall–Kier alpha value is -1.55. The predicted molar refractivity (Wildman–Crippen MR) is 68.8 cm³/mol. The zero-order chi connectivity index (χ0) is 13.0. The lowest BCUT2D eigenvalue weighted by atomic mass is 10.0. The Bertz CT molecular complexity index is 402. The number of nitrogens with two attached hydrogens (primary N) is 1. The first-order chi connectivity index (χ1) is 7.95. The molecule has 1 unspecified atom stereocenters. The van der Waals surface area contributed by atoms with Gasteiger partial charge in [-0.05, 0) is 30.5 Å². The number of nitrogens with one attached hydrogen (secondary N) is 1. The van der Waals surface area contributed by atoms with E-state index in [4.69, 9.17) is 10.8 Å². The summed E-state index contributed by atoms with van der Waals surface area (Å²) in [4.78, 5) is 11.9. The molecule has 94 valence electrons. The third kappa shape index (κ3) is 3.46. The van der Waals surface area contributed by atoms with E-state index in [0.29, 0.717) is 11.3 Å². The van der Waals surface area contributed by atoms with Gasteiger partial charge in [-0.2, -0.15) is 0 Å². The first kappa shape index (κ1) is 13.5. The largest absolute Gasteiger partial charge is 0.398 e. The van der Waals surface area contributed by atoms with Crippen LogP contribution < -0.4 is 11.1 Å². The lowest BCUT2D eigenvalue weighted by molar-refractivity contribution is 0.0897. The summed E-state index contributed by atoms with van der Waals surface area (Å²) in [5.74, 6) is -0.0174. The van der Waals surface area contributed by atoms with Gasteiger partial charge in [0.25, 0.3) is 5.91 Å². The van der Waals surface area contributed by atoms with Gasteiger partial charge < -0.3 is 16.2 Å². The smallest absolute Gasteiger partial charge is 0.251 e. The lowest BCUT2D eigenvalue weighted by Crippen LogP contribution is -2.41. The summed E-state index contributed by atoms with van der Waals surface area (Å²) in [6, 6.07) is 4.97. The number of rotatable bonds is 4. The summed E-state index contributed by atoms with van der Waals surface area (Å²) >= 11 is 0. The maximum atomic E-state index is 11.9.